The molecule has 0 rings (SSSR count). The Balaban J connectivity index is 3.40. The third kappa shape index (κ3) is 58.0. The molecule has 0 saturated carbocycles. The fraction of sp³-hybridized carbons (Fsp3) is 0.969. The lowest BCUT2D eigenvalue weighted by atomic mass is 10.0. The molecule has 1 amide bonds. The van der Waals surface area contributed by atoms with Gasteiger partial charge in [-0.15, -0.1) is 0 Å². The summed E-state index contributed by atoms with van der Waals surface area (Å²) in [6.07, 6.45) is 72.6. The number of nitrogens with one attached hydrogen (secondary N) is 1. The van der Waals surface area contributed by atoms with Crippen molar-refractivity contribution in [3.63, 3.8) is 0 Å². The summed E-state index contributed by atoms with van der Waals surface area (Å²) in [5.41, 5.74) is 0. The number of aliphatic hydroxyl groups excluding tert-OH is 2. The molecule has 0 aliphatic carbocycles. The first kappa shape index (κ1) is 69.9. The second-order valence-corrected chi connectivity index (χ2v) is 22.8. The molecule has 0 aliphatic heterocycles. The fourth-order valence-electron chi connectivity index (χ4n) is 10.6. The van der Waals surface area contributed by atoms with E-state index in [1.165, 1.54) is 302 Å². The van der Waals surface area contributed by atoms with Gasteiger partial charge in [0.15, 0.2) is 0 Å². The number of unbranched alkanes of at least 4 members (excludes halogenated alkanes) is 51. The molecule has 0 aromatic heterocycles. The monoisotopic (exact) mass is 1000 g/mol. The van der Waals surface area contributed by atoms with Gasteiger partial charge in [0, 0.05) is 12.8 Å². The highest BCUT2D eigenvalue weighted by molar-refractivity contribution is 5.76. The quantitative estimate of drug-likeness (QED) is 0.0417. The van der Waals surface area contributed by atoms with Gasteiger partial charge in [-0.05, 0) is 25.7 Å². The summed E-state index contributed by atoms with van der Waals surface area (Å²) in [5, 5.41) is 23.4. The molecule has 6 nitrogen and oxygen atoms in total. The summed E-state index contributed by atoms with van der Waals surface area (Å²) < 4.78 is 5.50. The van der Waals surface area contributed by atoms with Crippen LogP contribution < -0.4 is 5.32 Å². The summed E-state index contributed by atoms with van der Waals surface area (Å²) in [5.74, 6) is -0.0317. The van der Waals surface area contributed by atoms with E-state index in [0.29, 0.717) is 25.9 Å². The Labute approximate surface area is 445 Å². The number of ether oxygens (including phenoxy) is 1. The molecule has 71 heavy (non-hydrogen) atoms. The maximum atomic E-state index is 12.5. The molecule has 6 heteroatoms. The Morgan fingerprint density at radius 3 is 0.859 bits per heavy atom. The summed E-state index contributed by atoms with van der Waals surface area (Å²) in [6.45, 7) is 4.98. The van der Waals surface area contributed by atoms with Crippen LogP contribution in [0.25, 0.3) is 0 Å². The predicted molar refractivity (Wildman–Crippen MR) is 310 cm³/mol. The van der Waals surface area contributed by atoms with Gasteiger partial charge in [-0.2, -0.15) is 0 Å². The van der Waals surface area contributed by atoms with Crippen LogP contribution in [0.4, 0.5) is 0 Å². The molecular weight excluding hydrogens is 875 g/mol. The Morgan fingerprint density at radius 2 is 0.577 bits per heavy atom. The standard InChI is InChI=1S/C65H129NO5/c1-3-5-7-9-11-13-15-17-19-21-22-23-24-25-27-29-33-37-41-45-49-53-57-63(68)62(61-67)66-64(69)58-54-50-46-42-38-34-30-28-32-36-40-44-48-52-56-60-71-65(70)59-55-51-47-43-39-35-31-26-20-18-16-14-12-10-8-6-4-2/h62-63,67-68H,3-61H2,1-2H3,(H,66,69). The van der Waals surface area contributed by atoms with E-state index in [0.717, 1.165) is 44.9 Å². The number of hydrogen-bond donors (Lipinski definition) is 3. The Hall–Kier alpha value is -1.14. The van der Waals surface area contributed by atoms with Crippen LogP contribution in [0.1, 0.15) is 380 Å². The average Bonchev–Trinajstić information content (AvgIpc) is 3.37. The van der Waals surface area contributed by atoms with Crippen molar-refractivity contribution in [1.29, 1.82) is 0 Å². The van der Waals surface area contributed by atoms with Crippen LogP contribution in [-0.4, -0.2) is 47.4 Å². The topological polar surface area (TPSA) is 95.9 Å². The maximum Gasteiger partial charge on any atom is 0.305 e. The summed E-state index contributed by atoms with van der Waals surface area (Å²) in [6, 6.07) is -0.548. The van der Waals surface area contributed by atoms with Crippen LogP contribution in [0.2, 0.25) is 0 Å². The largest absolute Gasteiger partial charge is 0.466 e. The molecule has 0 aromatic carbocycles. The highest BCUT2D eigenvalue weighted by atomic mass is 16.5. The lowest BCUT2D eigenvalue weighted by molar-refractivity contribution is -0.143. The van der Waals surface area contributed by atoms with E-state index in [1.54, 1.807) is 0 Å². The van der Waals surface area contributed by atoms with Crippen LogP contribution in [0.5, 0.6) is 0 Å². The van der Waals surface area contributed by atoms with E-state index in [9.17, 15) is 19.8 Å². The van der Waals surface area contributed by atoms with Gasteiger partial charge in [0.1, 0.15) is 0 Å². The van der Waals surface area contributed by atoms with Gasteiger partial charge in [-0.1, -0.05) is 341 Å². The Kier molecular flexibility index (Phi) is 60.4. The second kappa shape index (κ2) is 61.4. The Bertz CT molecular complexity index is 1020. The smallest absolute Gasteiger partial charge is 0.305 e. The molecule has 0 aromatic rings. The van der Waals surface area contributed by atoms with Crippen molar-refractivity contribution in [2.24, 2.45) is 0 Å². The first-order valence-electron chi connectivity index (χ1n) is 32.8. The minimum atomic E-state index is -0.670. The second-order valence-electron chi connectivity index (χ2n) is 22.8. The van der Waals surface area contributed by atoms with Gasteiger partial charge >= 0.3 is 5.97 Å². The minimum Gasteiger partial charge on any atom is -0.466 e. The third-order valence-corrected chi connectivity index (χ3v) is 15.7. The van der Waals surface area contributed by atoms with Crippen molar-refractivity contribution in [3.05, 3.63) is 0 Å². The predicted octanol–water partition coefficient (Wildman–Crippen LogP) is 20.6. The van der Waals surface area contributed by atoms with Gasteiger partial charge in [0.25, 0.3) is 0 Å². The van der Waals surface area contributed by atoms with E-state index in [4.69, 9.17) is 4.74 Å². The van der Waals surface area contributed by atoms with Gasteiger partial charge in [-0.3, -0.25) is 9.59 Å². The SMILES string of the molecule is CCCCCCCCCCCCCCCCCCCCCCCCC(O)C(CO)NC(=O)CCCCCCCCCCCCCCCCCOC(=O)CCCCCCCCCCCCCCCCCCC. The van der Waals surface area contributed by atoms with Gasteiger partial charge < -0.3 is 20.3 Å². The van der Waals surface area contributed by atoms with E-state index < -0.39 is 12.1 Å². The highest BCUT2D eigenvalue weighted by Crippen LogP contribution is 2.19. The molecule has 0 saturated heterocycles. The lowest BCUT2D eigenvalue weighted by Crippen LogP contribution is -2.45. The van der Waals surface area contributed by atoms with Crippen molar-refractivity contribution < 1.29 is 24.5 Å². The zero-order valence-electron chi connectivity index (χ0n) is 48.5. The molecule has 0 spiro atoms. The molecule has 0 radical (unpaired) electrons. The normalized spacial score (nSPS) is 12.5. The first-order chi connectivity index (χ1) is 35.0. The van der Waals surface area contributed by atoms with Crippen LogP contribution in [-0.2, 0) is 14.3 Å². The number of hydrogen-bond acceptors (Lipinski definition) is 5. The van der Waals surface area contributed by atoms with E-state index in [-0.39, 0.29) is 18.5 Å². The first-order valence-corrected chi connectivity index (χ1v) is 32.8. The van der Waals surface area contributed by atoms with Crippen LogP contribution in [0.15, 0.2) is 0 Å². The molecule has 0 aliphatic rings. The van der Waals surface area contributed by atoms with Crippen molar-refractivity contribution in [2.75, 3.05) is 13.2 Å². The third-order valence-electron chi connectivity index (χ3n) is 15.7. The zero-order valence-corrected chi connectivity index (χ0v) is 48.5. The van der Waals surface area contributed by atoms with Crippen molar-refractivity contribution in [1.82, 2.24) is 5.32 Å². The van der Waals surface area contributed by atoms with E-state index >= 15 is 0 Å². The minimum absolute atomic E-state index is 0.00635. The summed E-state index contributed by atoms with van der Waals surface area (Å²) in [4.78, 5) is 24.6. The van der Waals surface area contributed by atoms with Crippen LogP contribution in [0.3, 0.4) is 0 Å². The summed E-state index contributed by atoms with van der Waals surface area (Å²) >= 11 is 0. The van der Waals surface area contributed by atoms with Gasteiger partial charge in [0.05, 0.1) is 25.4 Å². The van der Waals surface area contributed by atoms with Gasteiger partial charge in [-0.25, -0.2) is 0 Å². The summed E-state index contributed by atoms with van der Waals surface area (Å²) in [7, 11) is 0. The van der Waals surface area contributed by atoms with E-state index in [1.807, 2.05) is 0 Å². The molecule has 424 valence electrons. The fourth-order valence-corrected chi connectivity index (χ4v) is 10.6. The van der Waals surface area contributed by atoms with Gasteiger partial charge in [0.2, 0.25) is 5.91 Å². The molecule has 0 bridgehead atoms. The molecule has 3 N–H and O–H groups in total. The van der Waals surface area contributed by atoms with Crippen molar-refractivity contribution in [2.45, 2.75) is 392 Å². The molecule has 2 atom stereocenters. The lowest BCUT2D eigenvalue weighted by Gasteiger charge is -2.22. The van der Waals surface area contributed by atoms with Crippen LogP contribution >= 0.6 is 0 Å². The molecule has 0 heterocycles. The maximum absolute atomic E-state index is 12.5. The van der Waals surface area contributed by atoms with Crippen molar-refractivity contribution >= 4 is 11.9 Å². The number of carbonyl (C=O) groups excluding carboxylic acids is 2. The zero-order chi connectivity index (χ0) is 51.4. The molecule has 0 fully saturated rings. The highest BCUT2D eigenvalue weighted by Gasteiger charge is 2.20. The van der Waals surface area contributed by atoms with Crippen molar-refractivity contribution in [3.8, 4) is 0 Å². The van der Waals surface area contributed by atoms with Crippen LogP contribution in [0, 0.1) is 0 Å². The number of rotatable bonds is 62. The molecular formula is C65H129NO5. The Morgan fingerprint density at radius 1 is 0.338 bits per heavy atom. The number of amides is 1. The number of aliphatic hydroxyl groups is 2. The average molecular weight is 1000 g/mol. The number of carbonyl (C=O) groups is 2. The molecule has 2 unspecified atom stereocenters. The number of esters is 1. The van der Waals surface area contributed by atoms with E-state index in [2.05, 4.69) is 19.2 Å².